The fraction of sp³-hybridized carbons (Fsp3) is 0.500. The maximum atomic E-state index is 8.84. The molecule has 1 aliphatic rings. The van der Waals surface area contributed by atoms with Crippen LogP contribution >= 0.6 is 0 Å². The van der Waals surface area contributed by atoms with Gasteiger partial charge in [-0.25, -0.2) is 9.67 Å². The number of rotatable bonds is 6. The maximum absolute atomic E-state index is 8.84. The Morgan fingerprint density at radius 3 is 2.81 bits per heavy atom. The molecule has 0 saturated carbocycles. The van der Waals surface area contributed by atoms with Crippen LogP contribution in [0.15, 0.2) is 24.5 Å². The van der Waals surface area contributed by atoms with Crippen molar-refractivity contribution in [2.24, 2.45) is 0 Å². The van der Waals surface area contributed by atoms with E-state index in [0.29, 0.717) is 13.1 Å². The fourth-order valence-electron chi connectivity index (χ4n) is 2.45. The summed E-state index contributed by atoms with van der Waals surface area (Å²) < 4.78 is 1.63. The highest BCUT2D eigenvalue weighted by molar-refractivity contribution is 5.49. The molecule has 112 valence electrons. The summed E-state index contributed by atoms with van der Waals surface area (Å²) in [5, 5.41) is 20.1. The van der Waals surface area contributed by atoms with Gasteiger partial charge in [0, 0.05) is 13.1 Å². The van der Waals surface area contributed by atoms with Gasteiger partial charge >= 0.3 is 0 Å². The van der Waals surface area contributed by atoms with E-state index in [1.54, 1.807) is 4.68 Å². The topological polar surface area (TPSA) is 79.1 Å². The number of anilines is 2. The lowest BCUT2D eigenvalue weighted by Crippen LogP contribution is -2.18. The van der Waals surface area contributed by atoms with Crippen LogP contribution in [0.1, 0.15) is 18.5 Å². The molecule has 2 aromatic rings. The molecule has 21 heavy (non-hydrogen) atoms. The van der Waals surface area contributed by atoms with E-state index in [9.17, 15) is 0 Å². The molecule has 7 heteroatoms. The quantitative estimate of drug-likeness (QED) is 0.821. The van der Waals surface area contributed by atoms with Crippen molar-refractivity contribution in [3.05, 3.63) is 30.2 Å². The van der Waals surface area contributed by atoms with Crippen LogP contribution in [-0.4, -0.2) is 44.8 Å². The number of nitrogens with zero attached hydrogens (tertiary/aromatic N) is 5. The monoisotopic (exact) mass is 288 g/mol. The number of nitrogens with one attached hydrogen (secondary N) is 1. The molecule has 0 aromatic carbocycles. The molecule has 0 aliphatic carbocycles. The lowest BCUT2D eigenvalue weighted by atomic mass is 10.3. The Bertz CT molecular complexity index is 561. The summed E-state index contributed by atoms with van der Waals surface area (Å²) in [6.07, 6.45) is 6.19. The Hall–Kier alpha value is -2.15. The van der Waals surface area contributed by atoms with Crippen molar-refractivity contribution >= 4 is 11.5 Å². The Morgan fingerprint density at radius 1 is 1.24 bits per heavy atom. The molecule has 1 saturated heterocycles. The first kappa shape index (κ1) is 13.8. The van der Waals surface area contributed by atoms with Gasteiger partial charge in [-0.3, -0.25) is 0 Å². The average molecular weight is 288 g/mol. The van der Waals surface area contributed by atoms with Crippen LogP contribution in [0, 0.1) is 0 Å². The van der Waals surface area contributed by atoms with Crippen molar-refractivity contribution in [1.29, 1.82) is 0 Å². The summed E-state index contributed by atoms with van der Waals surface area (Å²) in [7, 11) is 0. The van der Waals surface area contributed by atoms with Crippen molar-refractivity contribution < 1.29 is 5.11 Å². The first-order chi connectivity index (χ1) is 10.3. The summed E-state index contributed by atoms with van der Waals surface area (Å²) in [5.74, 6) is 1.05. The third kappa shape index (κ3) is 3.49. The minimum absolute atomic E-state index is 0.0676. The molecule has 0 amide bonds. The molecule has 0 atom stereocenters. The number of aromatic nitrogens is 4. The summed E-state index contributed by atoms with van der Waals surface area (Å²) in [6.45, 7) is 3.34. The minimum Gasteiger partial charge on any atom is -0.394 e. The Kier molecular flexibility index (Phi) is 4.30. The molecule has 2 aromatic heterocycles. The zero-order valence-corrected chi connectivity index (χ0v) is 11.9. The molecule has 2 N–H and O–H groups in total. The van der Waals surface area contributed by atoms with E-state index in [0.717, 1.165) is 30.3 Å². The second-order valence-corrected chi connectivity index (χ2v) is 5.15. The van der Waals surface area contributed by atoms with Crippen LogP contribution in [0.2, 0.25) is 0 Å². The van der Waals surface area contributed by atoms with Gasteiger partial charge in [0.1, 0.15) is 11.5 Å². The fourth-order valence-corrected chi connectivity index (χ4v) is 2.45. The molecule has 0 bridgehead atoms. The van der Waals surface area contributed by atoms with Crippen LogP contribution in [0.5, 0.6) is 0 Å². The summed E-state index contributed by atoms with van der Waals surface area (Å²) in [4.78, 5) is 6.81. The van der Waals surface area contributed by atoms with Crippen LogP contribution < -0.4 is 10.2 Å². The van der Waals surface area contributed by atoms with Gasteiger partial charge in [0.05, 0.1) is 37.8 Å². The molecule has 1 aliphatic heterocycles. The predicted octanol–water partition coefficient (Wildman–Crippen LogP) is 0.878. The Balaban J connectivity index is 1.54. The molecule has 3 heterocycles. The van der Waals surface area contributed by atoms with E-state index in [1.165, 1.54) is 12.8 Å². The normalized spacial score (nSPS) is 14.6. The average Bonchev–Trinajstić information content (AvgIpc) is 3.18. The molecule has 3 rings (SSSR count). The molecule has 7 nitrogen and oxygen atoms in total. The lowest BCUT2D eigenvalue weighted by molar-refractivity contribution is 0.268. The first-order valence-electron chi connectivity index (χ1n) is 7.30. The lowest BCUT2D eigenvalue weighted by Gasteiger charge is -2.16. The van der Waals surface area contributed by atoms with E-state index < -0.39 is 0 Å². The zero-order valence-electron chi connectivity index (χ0n) is 11.9. The Labute approximate surface area is 123 Å². The predicted molar refractivity (Wildman–Crippen MR) is 80.1 cm³/mol. The molecular weight excluding hydrogens is 268 g/mol. The number of aliphatic hydroxyl groups excluding tert-OH is 1. The maximum Gasteiger partial charge on any atom is 0.128 e. The largest absolute Gasteiger partial charge is 0.394 e. The smallest absolute Gasteiger partial charge is 0.128 e. The van der Waals surface area contributed by atoms with E-state index in [4.69, 9.17) is 5.11 Å². The van der Waals surface area contributed by atoms with Crippen molar-refractivity contribution in [3.63, 3.8) is 0 Å². The van der Waals surface area contributed by atoms with Crippen LogP contribution in [0.4, 0.5) is 11.5 Å². The highest BCUT2D eigenvalue weighted by Gasteiger charge is 2.12. The second kappa shape index (κ2) is 6.53. The third-order valence-electron chi connectivity index (χ3n) is 3.57. The summed E-state index contributed by atoms with van der Waals surface area (Å²) >= 11 is 0. The van der Waals surface area contributed by atoms with Crippen molar-refractivity contribution in [1.82, 2.24) is 20.0 Å². The molecule has 0 unspecified atom stereocenters. The van der Waals surface area contributed by atoms with Crippen molar-refractivity contribution in [3.8, 4) is 0 Å². The third-order valence-corrected chi connectivity index (χ3v) is 3.57. The van der Waals surface area contributed by atoms with Gasteiger partial charge < -0.3 is 15.3 Å². The minimum atomic E-state index is 0.0676. The van der Waals surface area contributed by atoms with E-state index >= 15 is 0 Å². The van der Waals surface area contributed by atoms with E-state index in [2.05, 4.69) is 31.6 Å². The standard InChI is InChI=1S/C14H20N6O/c21-8-7-20-11-13(17-18-20)10-15-12-3-4-14(16-9-12)19-5-1-2-6-19/h3-4,9,11,15,21H,1-2,5-8,10H2. The van der Waals surface area contributed by atoms with Crippen molar-refractivity contribution in [2.75, 3.05) is 29.9 Å². The number of hydrogen-bond acceptors (Lipinski definition) is 6. The summed E-state index contributed by atoms with van der Waals surface area (Å²) in [5.41, 5.74) is 1.81. The van der Waals surface area contributed by atoms with E-state index in [-0.39, 0.29) is 6.61 Å². The highest BCUT2D eigenvalue weighted by atomic mass is 16.3. The summed E-state index contributed by atoms with van der Waals surface area (Å²) in [6, 6.07) is 4.09. The van der Waals surface area contributed by atoms with Gasteiger partial charge in [-0.2, -0.15) is 0 Å². The molecule has 0 spiro atoms. The van der Waals surface area contributed by atoms with Crippen LogP contribution in [-0.2, 0) is 13.1 Å². The van der Waals surface area contributed by atoms with Gasteiger partial charge in [0.15, 0.2) is 0 Å². The molecule has 0 radical (unpaired) electrons. The van der Waals surface area contributed by atoms with E-state index in [1.807, 2.05) is 18.5 Å². The number of hydrogen-bond donors (Lipinski definition) is 2. The number of aliphatic hydroxyl groups is 1. The van der Waals surface area contributed by atoms with Gasteiger partial charge in [0.2, 0.25) is 0 Å². The molecular formula is C14H20N6O. The Morgan fingerprint density at radius 2 is 2.10 bits per heavy atom. The number of pyridine rings is 1. The van der Waals surface area contributed by atoms with Gasteiger partial charge in [0.25, 0.3) is 0 Å². The van der Waals surface area contributed by atoms with Crippen molar-refractivity contribution in [2.45, 2.75) is 25.9 Å². The van der Waals surface area contributed by atoms with Gasteiger partial charge in [-0.15, -0.1) is 5.10 Å². The van der Waals surface area contributed by atoms with Crippen LogP contribution in [0.3, 0.4) is 0 Å². The molecule has 1 fully saturated rings. The van der Waals surface area contributed by atoms with Crippen LogP contribution in [0.25, 0.3) is 0 Å². The van der Waals surface area contributed by atoms with Gasteiger partial charge in [-0.1, -0.05) is 5.21 Å². The SMILES string of the molecule is OCCn1cc(CNc2ccc(N3CCCC3)nc2)nn1. The highest BCUT2D eigenvalue weighted by Crippen LogP contribution is 2.19. The first-order valence-corrected chi connectivity index (χ1v) is 7.30. The second-order valence-electron chi connectivity index (χ2n) is 5.15. The van der Waals surface area contributed by atoms with Gasteiger partial charge in [-0.05, 0) is 25.0 Å². The zero-order chi connectivity index (χ0) is 14.5.